The van der Waals surface area contributed by atoms with Crippen LogP contribution >= 0.6 is 0 Å². The predicted molar refractivity (Wildman–Crippen MR) is 80.2 cm³/mol. The summed E-state index contributed by atoms with van der Waals surface area (Å²) in [4.78, 5) is 15.4. The monoisotopic (exact) mass is 280 g/mol. The molecule has 7 heteroatoms. The second kappa shape index (κ2) is 7.23. The lowest BCUT2D eigenvalue weighted by atomic mass is 10.1. The summed E-state index contributed by atoms with van der Waals surface area (Å²) in [7, 11) is 1.80. The van der Waals surface area contributed by atoms with Crippen molar-refractivity contribution in [2.24, 2.45) is 5.92 Å². The largest absolute Gasteiger partial charge is 0.396 e. The van der Waals surface area contributed by atoms with Crippen LogP contribution < -0.4 is 15.5 Å². The maximum absolute atomic E-state index is 9.06. The van der Waals surface area contributed by atoms with Crippen LogP contribution in [0.2, 0.25) is 0 Å². The minimum atomic E-state index is 0.149. The zero-order chi connectivity index (χ0) is 14.4. The molecule has 0 aliphatic carbocycles. The molecule has 1 unspecified atom stereocenters. The van der Waals surface area contributed by atoms with Gasteiger partial charge in [0.15, 0.2) is 0 Å². The zero-order valence-electron chi connectivity index (χ0n) is 12.3. The number of piperidine rings is 1. The van der Waals surface area contributed by atoms with E-state index in [9.17, 15) is 0 Å². The molecular weight excluding hydrogens is 256 g/mol. The number of nitrogens with zero attached hydrogens (tertiary/aromatic N) is 4. The Morgan fingerprint density at radius 2 is 1.85 bits per heavy atom. The van der Waals surface area contributed by atoms with Crippen molar-refractivity contribution in [3.05, 3.63) is 0 Å². The zero-order valence-corrected chi connectivity index (χ0v) is 12.3. The first-order chi connectivity index (χ1) is 9.72. The van der Waals surface area contributed by atoms with E-state index in [2.05, 4.69) is 30.5 Å². The van der Waals surface area contributed by atoms with Gasteiger partial charge in [0.2, 0.25) is 17.8 Å². The van der Waals surface area contributed by atoms with Crippen LogP contribution in [0.1, 0.15) is 26.2 Å². The Hall–Kier alpha value is -1.63. The van der Waals surface area contributed by atoms with E-state index in [0.717, 1.165) is 19.0 Å². The first-order valence-electron chi connectivity index (χ1n) is 7.26. The fourth-order valence-electron chi connectivity index (χ4n) is 2.12. The molecule has 2 rings (SSSR count). The average Bonchev–Trinajstić information content (AvgIpc) is 2.53. The summed E-state index contributed by atoms with van der Waals surface area (Å²) in [6, 6.07) is 0. The van der Waals surface area contributed by atoms with Gasteiger partial charge < -0.3 is 20.6 Å². The smallest absolute Gasteiger partial charge is 0.231 e. The number of aliphatic hydroxyl groups is 1. The third-order valence-corrected chi connectivity index (χ3v) is 3.41. The highest BCUT2D eigenvalue weighted by molar-refractivity contribution is 5.43. The van der Waals surface area contributed by atoms with Crippen molar-refractivity contribution in [1.82, 2.24) is 15.0 Å². The highest BCUT2D eigenvalue weighted by Crippen LogP contribution is 2.18. The van der Waals surface area contributed by atoms with E-state index in [1.54, 1.807) is 7.05 Å². The third-order valence-electron chi connectivity index (χ3n) is 3.41. The van der Waals surface area contributed by atoms with Gasteiger partial charge in [0.05, 0.1) is 0 Å². The summed E-state index contributed by atoms with van der Waals surface area (Å²) in [5.41, 5.74) is 0. The Bertz CT molecular complexity index is 421. The summed E-state index contributed by atoms with van der Waals surface area (Å²) in [5.74, 6) is 2.02. The first kappa shape index (κ1) is 14.8. The van der Waals surface area contributed by atoms with Crippen LogP contribution in [0.4, 0.5) is 17.8 Å². The van der Waals surface area contributed by atoms with E-state index in [0.29, 0.717) is 18.4 Å². The molecule has 7 nitrogen and oxygen atoms in total. The standard InChI is InChI=1S/C13H24N6O/c1-10(9-20)8-15-12-16-11(14-2)17-13(18-12)19-6-4-3-5-7-19/h10,20H,3-9H2,1-2H3,(H2,14,15,16,17,18). The van der Waals surface area contributed by atoms with Gasteiger partial charge in [-0.05, 0) is 25.2 Å². The molecule has 1 saturated heterocycles. The molecule has 112 valence electrons. The summed E-state index contributed by atoms with van der Waals surface area (Å²) in [6.07, 6.45) is 3.65. The fourth-order valence-corrected chi connectivity index (χ4v) is 2.12. The van der Waals surface area contributed by atoms with Gasteiger partial charge in [0.25, 0.3) is 0 Å². The van der Waals surface area contributed by atoms with Gasteiger partial charge in [0.1, 0.15) is 0 Å². The average molecular weight is 280 g/mol. The molecule has 0 spiro atoms. The van der Waals surface area contributed by atoms with Gasteiger partial charge in [-0.25, -0.2) is 0 Å². The highest BCUT2D eigenvalue weighted by atomic mass is 16.3. The summed E-state index contributed by atoms with van der Waals surface area (Å²) < 4.78 is 0. The molecule has 1 aromatic heterocycles. The van der Waals surface area contributed by atoms with Crippen molar-refractivity contribution >= 4 is 17.8 Å². The molecule has 0 bridgehead atoms. The number of nitrogens with one attached hydrogen (secondary N) is 2. The van der Waals surface area contributed by atoms with Crippen LogP contribution in [-0.4, -0.2) is 53.3 Å². The predicted octanol–water partition coefficient (Wildman–Crippen LogP) is 0.944. The van der Waals surface area contributed by atoms with Crippen LogP contribution in [0.15, 0.2) is 0 Å². The van der Waals surface area contributed by atoms with Gasteiger partial charge >= 0.3 is 0 Å². The van der Waals surface area contributed by atoms with Crippen LogP contribution in [0.25, 0.3) is 0 Å². The molecule has 1 aromatic rings. The lowest BCUT2D eigenvalue weighted by Gasteiger charge is -2.27. The minimum absolute atomic E-state index is 0.149. The van der Waals surface area contributed by atoms with Crippen molar-refractivity contribution in [1.29, 1.82) is 0 Å². The molecule has 1 aliphatic heterocycles. The second-order valence-corrected chi connectivity index (χ2v) is 5.25. The van der Waals surface area contributed by atoms with E-state index in [4.69, 9.17) is 5.11 Å². The SMILES string of the molecule is CNc1nc(NCC(C)CO)nc(N2CCCCC2)n1. The maximum Gasteiger partial charge on any atom is 0.231 e. The topological polar surface area (TPSA) is 86.2 Å². The molecule has 1 atom stereocenters. The normalized spacial score (nSPS) is 16.9. The van der Waals surface area contributed by atoms with E-state index in [1.807, 2.05) is 6.92 Å². The molecule has 0 saturated carbocycles. The van der Waals surface area contributed by atoms with E-state index in [-0.39, 0.29) is 12.5 Å². The highest BCUT2D eigenvalue weighted by Gasteiger charge is 2.16. The molecule has 1 aliphatic rings. The summed E-state index contributed by atoms with van der Waals surface area (Å²) in [5, 5.41) is 15.2. The molecule has 0 aromatic carbocycles. The van der Waals surface area contributed by atoms with Crippen LogP contribution in [0.5, 0.6) is 0 Å². The lowest BCUT2D eigenvalue weighted by molar-refractivity contribution is 0.244. The minimum Gasteiger partial charge on any atom is -0.396 e. The molecule has 0 radical (unpaired) electrons. The van der Waals surface area contributed by atoms with Crippen LogP contribution in [0, 0.1) is 5.92 Å². The Morgan fingerprint density at radius 3 is 2.50 bits per heavy atom. The Balaban J connectivity index is 2.10. The van der Waals surface area contributed by atoms with Crippen LogP contribution in [0.3, 0.4) is 0 Å². The van der Waals surface area contributed by atoms with Gasteiger partial charge in [-0.2, -0.15) is 15.0 Å². The maximum atomic E-state index is 9.06. The molecule has 0 amide bonds. The van der Waals surface area contributed by atoms with Gasteiger partial charge in [0, 0.05) is 33.3 Å². The van der Waals surface area contributed by atoms with E-state index in [1.165, 1.54) is 19.3 Å². The number of hydrogen-bond acceptors (Lipinski definition) is 7. The molecule has 2 heterocycles. The van der Waals surface area contributed by atoms with E-state index >= 15 is 0 Å². The molecular formula is C13H24N6O. The van der Waals surface area contributed by atoms with Crippen molar-refractivity contribution in [2.45, 2.75) is 26.2 Å². The van der Waals surface area contributed by atoms with Crippen LogP contribution in [-0.2, 0) is 0 Å². The number of anilines is 3. The molecule has 3 N–H and O–H groups in total. The van der Waals surface area contributed by atoms with E-state index < -0.39 is 0 Å². The fraction of sp³-hybridized carbons (Fsp3) is 0.769. The van der Waals surface area contributed by atoms with Crippen molar-refractivity contribution in [3.8, 4) is 0 Å². The van der Waals surface area contributed by atoms with Gasteiger partial charge in [-0.1, -0.05) is 6.92 Å². The first-order valence-corrected chi connectivity index (χ1v) is 7.26. The lowest BCUT2D eigenvalue weighted by Crippen LogP contribution is -2.31. The Labute approximate surface area is 119 Å². The van der Waals surface area contributed by atoms with Crippen molar-refractivity contribution in [3.63, 3.8) is 0 Å². The van der Waals surface area contributed by atoms with Crippen molar-refractivity contribution < 1.29 is 5.11 Å². The van der Waals surface area contributed by atoms with Crippen molar-refractivity contribution in [2.75, 3.05) is 48.8 Å². The second-order valence-electron chi connectivity index (χ2n) is 5.25. The molecule has 1 fully saturated rings. The van der Waals surface area contributed by atoms with Gasteiger partial charge in [-0.3, -0.25) is 0 Å². The number of aromatic nitrogens is 3. The number of hydrogen-bond donors (Lipinski definition) is 3. The summed E-state index contributed by atoms with van der Waals surface area (Å²) >= 11 is 0. The number of rotatable bonds is 6. The molecule has 20 heavy (non-hydrogen) atoms. The Morgan fingerprint density at radius 1 is 1.15 bits per heavy atom. The summed E-state index contributed by atoms with van der Waals surface area (Å²) in [6.45, 7) is 4.76. The number of aliphatic hydroxyl groups excluding tert-OH is 1. The van der Waals surface area contributed by atoms with Gasteiger partial charge in [-0.15, -0.1) is 0 Å². The Kier molecular flexibility index (Phi) is 5.34. The quantitative estimate of drug-likeness (QED) is 0.715. The third kappa shape index (κ3) is 3.93.